The molecule has 17 heavy (non-hydrogen) atoms. The van der Waals surface area contributed by atoms with Crippen molar-refractivity contribution in [3.63, 3.8) is 0 Å². The van der Waals surface area contributed by atoms with Crippen LogP contribution in [-0.4, -0.2) is 10.8 Å². The van der Waals surface area contributed by atoms with Crippen molar-refractivity contribution in [1.82, 2.24) is 4.98 Å². The molecule has 0 aliphatic heterocycles. The first-order valence-electron chi connectivity index (χ1n) is 5.91. The minimum atomic E-state index is 0.183. The second kappa shape index (κ2) is 5.76. The zero-order valence-corrected chi connectivity index (χ0v) is 12.5. The van der Waals surface area contributed by atoms with Crippen molar-refractivity contribution < 1.29 is 4.79 Å². The van der Waals surface area contributed by atoms with Gasteiger partial charge in [-0.1, -0.05) is 27.7 Å². The summed E-state index contributed by atoms with van der Waals surface area (Å²) in [4.78, 5) is 16.1. The van der Waals surface area contributed by atoms with Crippen LogP contribution in [-0.2, 0) is 11.2 Å². The maximum Gasteiger partial charge on any atom is 0.139 e. The number of ketones is 1. The number of hydrogen-bond acceptors (Lipinski definition) is 2. The van der Waals surface area contributed by atoms with Gasteiger partial charge in [0.1, 0.15) is 5.78 Å². The summed E-state index contributed by atoms with van der Waals surface area (Å²) in [6.07, 6.45) is 2.80. The molecule has 1 unspecified atom stereocenters. The predicted molar refractivity (Wildman–Crippen MR) is 73.9 cm³/mol. The van der Waals surface area contributed by atoms with Gasteiger partial charge in [-0.25, -0.2) is 0 Å². The van der Waals surface area contributed by atoms with E-state index in [2.05, 4.69) is 48.6 Å². The van der Waals surface area contributed by atoms with Gasteiger partial charge in [0.15, 0.2) is 0 Å². The van der Waals surface area contributed by atoms with Crippen LogP contribution in [0.1, 0.15) is 39.8 Å². The Morgan fingerprint density at radius 3 is 2.53 bits per heavy atom. The highest BCUT2D eigenvalue weighted by Gasteiger charge is 2.22. The predicted octanol–water partition coefficient (Wildman–Crippen LogP) is 4.03. The van der Waals surface area contributed by atoms with Gasteiger partial charge in [0.25, 0.3) is 0 Å². The van der Waals surface area contributed by atoms with E-state index in [4.69, 9.17) is 0 Å². The summed E-state index contributed by atoms with van der Waals surface area (Å²) < 4.78 is 0.941. The van der Waals surface area contributed by atoms with Gasteiger partial charge in [-0.15, -0.1) is 0 Å². The fraction of sp³-hybridized carbons (Fsp3) is 0.571. The highest BCUT2D eigenvalue weighted by atomic mass is 79.9. The van der Waals surface area contributed by atoms with Crippen LogP contribution in [0.3, 0.4) is 0 Å². The Labute approximate surface area is 112 Å². The number of pyridine rings is 1. The van der Waals surface area contributed by atoms with Crippen LogP contribution in [0.25, 0.3) is 0 Å². The Bertz CT molecular complexity index is 378. The lowest BCUT2D eigenvalue weighted by atomic mass is 9.79. The van der Waals surface area contributed by atoms with Gasteiger partial charge < -0.3 is 0 Å². The minimum Gasteiger partial charge on any atom is -0.299 e. The molecule has 0 fully saturated rings. The molecule has 0 spiro atoms. The van der Waals surface area contributed by atoms with Crippen molar-refractivity contribution in [3.05, 3.63) is 28.5 Å². The number of aromatic nitrogens is 1. The van der Waals surface area contributed by atoms with Crippen molar-refractivity contribution in [2.24, 2.45) is 11.3 Å². The summed E-state index contributed by atoms with van der Waals surface area (Å²) in [5.74, 6) is 0.660. The first-order valence-corrected chi connectivity index (χ1v) is 6.70. The molecule has 0 amide bonds. The van der Waals surface area contributed by atoms with Crippen LogP contribution in [0.15, 0.2) is 22.8 Å². The molecule has 0 aliphatic carbocycles. The molecule has 3 heteroatoms. The van der Waals surface area contributed by atoms with E-state index in [1.165, 1.54) is 0 Å². The fourth-order valence-corrected chi connectivity index (χ4v) is 1.67. The van der Waals surface area contributed by atoms with E-state index in [1.807, 2.05) is 12.1 Å². The quantitative estimate of drug-likeness (QED) is 0.840. The average molecular weight is 298 g/mol. The van der Waals surface area contributed by atoms with Gasteiger partial charge in [-0.2, -0.15) is 0 Å². The molecule has 0 saturated heterocycles. The third-order valence-corrected chi connectivity index (χ3v) is 3.65. The van der Waals surface area contributed by atoms with Gasteiger partial charge in [0, 0.05) is 29.2 Å². The number of rotatable bonds is 4. The normalized spacial score (nSPS) is 13.5. The van der Waals surface area contributed by atoms with E-state index in [0.29, 0.717) is 18.8 Å². The summed E-state index contributed by atoms with van der Waals surface area (Å²) in [5, 5.41) is 0. The van der Waals surface area contributed by atoms with Gasteiger partial charge in [-0.05, 0) is 39.4 Å². The van der Waals surface area contributed by atoms with E-state index in [1.54, 1.807) is 6.20 Å². The molecule has 0 radical (unpaired) electrons. The lowest BCUT2D eigenvalue weighted by Crippen LogP contribution is -2.21. The number of hydrogen-bond donors (Lipinski definition) is 0. The summed E-state index contributed by atoms with van der Waals surface area (Å²) in [5.41, 5.74) is 1.03. The summed E-state index contributed by atoms with van der Waals surface area (Å²) in [7, 11) is 0. The number of carbonyl (C=O) groups excluding carboxylic acids is 1. The largest absolute Gasteiger partial charge is 0.299 e. The highest BCUT2D eigenvalue weighted by molar-refractivity contribution is 9.10. The number of carbonyl (C=O) groups is 1. The topological polar surface area (TPSA) is 30.0 Å². The third-order valence-electron chi connectivity index (χ3n) is 3.18. The van der Waals surface area contributed by atoms with E-state index < -0.39 is 0 Å². The molecule has 1 heterocycles. The van der Waals surface area contributed by atoms with Crippen molar-refractivity contribution in [2.45, 2.75) is 40.5 Å². The Balaban J connectivity index is 2.53. The molecule has 1 aromatic rings. The molecule has 1 aromatic heterocycles. The van der Waals surface area contributed by atoms with Crippen LogP contribution >= 0.6 is 15.9 Å². The maximum atomic E-state index is 11.9. The number of Topliss-reactive ketones (excluding diaryl/α,β-unsaturated/α-hetero) is 1. The third kappa shape index (κ3) is 4.99. The monoisotopic (exact) mass is 297 g/mol. The molecule has 0 aliphatic rings. The van der Waals surface area contributed by atoms with E-state index in [0.717, 1.165) is 10.2 Å². The Kier molecular flexibility index (Phi) is 4.87. The number of halogens is 1. The first-order chi connectivity index (χ1) is 7.79. The lowest BCUT2D eigenvalue weighted by molar-refractivity contribution is -0.120. The zero-order chi connectivity index (χ0) is 13.1. The molecule has 2 nitrogen and oxygen atoms in total. The minimum absolute atomic E-state index is 0.183. The Morgan fingerprint density at radius 1 is 1.41 bits per heavy atom. The van der Waals surface area contributed by atoms with Gasteiger partial charge in [-0.3, -0.25) is 9.78 Å². The van der Waals surface area contributed by atoms with Crippen molar-refractivity contribution in [3.8, 4) is 0 Å². The van der Waals surface area contributed by atoms with Gasteiger partial charge in [0.05, 0.1) is 0 Å². The molecule has 94 valence electrons. The van der Waals surface area contributed by atoms with Crippen LogP contribution in [0.5, 0.6) is 0 Å². The van der Waals surface area contributed by atoms with Crippen molar-refractivity contribution >= 4 is 21.7 Å². The van der Waals surface area contributed by atoms with E-state index in [9.17, 15) is 4.79 Å². The molecular weight excluding hydrogens is 278 g/mol. The average Bonchev–Trinajstić information content (AvgIpc) is 2.20. The van der Waals surface area contributed by atoms with Gasteiger partial charge in [0.2, 0.25) is 0 Å². The maximum absolute atomic E-state index is 11.9. The van der Waals surface area contributed by atoms with E-state index >= 15 is 0 Å². The second-order valence-electron chi connectivity index (χ2n) is 5.65. The molecule has 0 bridgehead atoms. The van der Waals surface area contributed by atoms with Crippen molar-refractivity contribution in [2.75, 3.05) is 0 Å². The fourth-order valence-electron chi connectivity index (χ4n) is 1.43. The smallest absolute Gasteiger partial charge is 0.139 e. The molecule has 1 rings (SSSR count). The van der Waals surface area contributed by atoms with Gasteiger partial charge >= 0.3 is 0 Å². The second-order valence-corrected chi connectivity index (χ2v) is 6.57. The number of nitrogens with zero attached hydrogens (tertiary/aromatic N) is 1. The summed E-state index contributed by atoms with van der Waals surface area (Å²) in [6, 6.07) is 3.81. The first kappa shape index (κ1) is 14.4. The van der Waals surface area contributed by atoms with Crippen LogP contribution in [0.4, 0.5) is 0 Å². The van der Waals surface area contributed by atoms with Crippen LogP contribution in [0, 0.1) is 11.3 Å². The summed E-state index contributed by atoms with van der Waals surface area (Å²) in [6.45, 7) is 8.64. The molecular formula is C14H20BrNO. The summed E-state index contributed by atoms with van der Waals surface area (Å²) >= 11 is 3.33. The standard InChI is InChI=1S/C14H20BrNO/c1-10(14(2,3)4)7-13(17)8-12-6-5-11(15)9-16-12/h5-6,9-10H,7-8H2,1-4H3. The van der Waals surface area contributed by atoms with E-state index in [-0.39, 0.29) is 11.2 Å². The Hall–Kier alpha value is -0.700. The molecule has 0 saturated carbocycles. The Morgan fingerprint density at radius 2 is 2.06 bits per heavy atom. The van der Waals surface area contributed by atoms with Crippen molar-refractivity contribution in [1.29, 1.82) is 0 Å². The molecule has 0 N–H and O–H groups in total. The van der Waals surface area contributed by atoms with Crippen LogP contribution < -0.4 is 0 Å². The SMILES string of the molecule is CC(CC(=O)Cc1ccc(Br)cn1)C(C)(C)C. The van der Waals surface area contributed by atoms with Crippen LogP contribution in [0.2, 0.25) is 0 Å². The molecule has 1 atom stereocenters. The molecule has 0 aromatic carbocycles. The highest BCUT2D eigenvalue weighted by Crippen LogP contribution is 2.28. The lowest BCUT2D eigenvalue weighted by Gasteiger charge is -2.26. The zero-order valence-electron chi connectivity index (χ0n) is 11.0.